The monoisotopic (exact) mass is 347 g/mol. The van der Waals surface area contributed by atoms with Crippen LogP contribution in [0, 0.1) is 0 Å². The quantitative estimate of drug-likeness (QED) is 0.550. The van der Waals surface area contributed by atoms with E-state index >= 15 is 0 Å². The highest BCUT2D eigenvalue weighted by molar-refractivity contribution is 9.10. The van der Waals surface area contributed by atoms with Gasteiger partial charge in [0.15, 0.2) is 11.8 Å². The van der Waals surface area contributed by atoms with Gasteiger partial charge in [-0.05, 0) is 17.5 Å². The summed E-state index contributed by atoms with van der Waals surface area (Å²) in [5, 5.41) is 14.2. The first-order valence-corrected chi connectivity index (χ1v) is 7.47. The Bertz CT molecular complexity index is 794. The van der Waals surface area contributed by atoms with Crippen LogP contribution in [0.2, 0.25) is 0 Å². The van der Waals surface area contributed by atoms with Crippen molar-refractivity contribution in [1.29, 1.82) is 0 Å². The molecule has 100 valence electrons. The fourth-order valence-corrected chi connectivity index (χ4v) is 3.15. The summed E-state index contributed by atoms with van der Waals surface area (Å²) in [6.07, 6.45) is 0. The van der Waals surface area contributed by atoms with E-state index in [9.17, 15) is 0 Å². The summed E-state index contributed by atoms with van der Waals surface area (Å²) in [4.78, 5) is 4.04. The topological polar surface area (TPSA) is 90.2 Å². The lowest BCUT2D eigenvalue weighted by molar-refractivity contribution is 1.05. The predicted octanol–water partition coefficient (Wildman–Crippen LogP) is 3.03. The number of fused-ring (bicyclic) bond motifs is 1. The van der Waals surface area contributed by atoms with Gasteiger partial charge in [0.05, 0.1) is 0 Å². The molecule has 0 aliphatic carbocycles. The minimum atomic E-state index is -0.0420. The second-order valence-corrected chi connectivity index (χ2v) is 5.72. The predicted molar refractivity (Wildman–Crippen MR) is 86.0 cm³/mol. The number of hydrogen-bond donors (Lipinski definition) is 2. The second-order valence-electron chi connectivity index (χ2n) is 4.08. The summed E-state index contributed by atoms with van der Waals surface area (Å²) in [5.74, 6) is 0.367. The maximum Gasteiger partial charge on any atom is 0.192 e. The number of aromatic nitrogens is 2. The zero-order valence-corrected chi connectivity index (χ0v) is 12.6. The van der Waals surface area contributed by atoms with Crippen molar-refractivity contribution in [3.05, 3.63) is 39.5 Å². The molecule has 0 saturated carbocycles. The Morgan fingerprint density at radius 3 is 2.75 bits per heavy atom. The zero-order valence-electron chi connectivity index (χ0n) is 10.2. The highest BCUT2D eigenvalue weighted by Crippen LogP contribution is 2.36. The Hall–Kier alpha value is -1.99. The van der Waals surface area contributed by atoms with Crippen LogP contribution in [-0.4, -0.2) is 16.2 Å². The van der Waals surface area contributed by atoms with Crippen molar-refractivity contribution in [2.45, 2.75) is 0 Å². The SMILES string of the molecule is NC(N)=Nc1nnc(-c2ccsc2)c2cccc(Br)c12. The van der Waals surface area contributed by atoms with E-state index in [1.807, 2.05) is 35.0 Å². The van der Waals surface area contributed by atoms with Gasteiger partial charge >= 0.3 is 0 Å². The third kappa shape index (κ3) is 2.25. The Morgan fingerprint density at radius 2 is 2.05 bits per heavy atom. The maximum atomic E-state index is 5.44. The van der Waals surface area contributed by atoms with Crippen LogP contribution in [-0.2, 0) is 0 Å². The largest absolute Gasteiger partial charge is 0.370 e. The van der Waals surface area contributed by atoms with Gasteiger partial charge in [0.25, 0.3) is 0 Å². The van der Waals surface area contributed by atoms with Crippen molar-refractivity contribution in [1.82, 2.24) is 10.2 Å². The molecule has 1 aromatic carbocycles. The standard InChI is InChI=1S/C13H10BrN5S/c14-9-3-1-2-8-10(9)12(17-13(15)16)19-18-11(8)7-4-5-20-6-7/h1-6H,(H4,15,16,17,19). The fourth-order valence-electron chi connectivity index (χ4n) is 1.96. The first-order chi connectivity index (χ1) is 9.66. The second kappa shape index (κ2) is 5.18. The minimum Gasteiger partial charge on any atom is -0.370 e. The van der Waals surface area contributed by atoms with Crippen molar-refractivity contribution in [2.75, 3.05) is 0 Å². The first-order valence-electron chi connectivity index (χ1n) is 5.74. The van der Waals surface area contributed by atoms with Gasteiger partial charge in [-0.3, -0.25) is 0 Å². The molecular formula is C13H10BrN5S. The summed E-state index contributed by atoms with van der Waals surface area (Å²) in [6, 6.07) is 7.86. The molecule has 5 nitrogen and oxygen atoms in total. The Balaban J connectivity index is 2.37. The lowest BCUT2D eigenvalue weighted by Crippen LogP contribution is -2.22. The van der Waals surface area contributed by atoms with Crippen molar-refractivity contribution in [3.63, 3.8) is 0 Å². The number of nitrogens with two attached hydrogens (primary N) is 2. The van der Waals surface area contributed by atoms with Gasteiger partial charge in [0.1, 0.15) is 5.69 Å². The van der Waals surface area contributed by atoms with Crippen LogP contribution >= 0.6 is 27.3 Å². The van der Waals surface area contributed by atoms with Crippen molar-refractivity contribution in [2.24, 2.45) is 16.5 Å². The third-order valence-electron chi connectivity index (χ3n) is 2.77. The minimum absolute atomic E-state index is 0.0420. The van der Waals surface area contributed by atoms with Gasteiger partial charge < -0.3 is 11.5 Å². The van der Waals surface area contributed by atoms with Crippen molar-refractivity contribution < 1.29 is 0 Å². The molecule has 0 bridgehead atoms. The summed E-state index contributed by atoms with van der Waals surface area (Å²) < 4.78 is 0.876. The van der Waals surface area contributed by atoms with Crippen molar-refractivity contribution in [3.8, 4) is 11.3 Å². The van der Waals surface area contributed by atoms with Gasteiger partial charge in [-0.1, -0.05) is 28.1 Å². The van der Waals surface area contributed by atoms with E-state index in [2.05, 4.69) is 31.1 Å². The summed E-state index contributed by atoms with van der Waals surface area (Å²) in [6.45, 7) is 0. The molecule has 4 N–H and O–H groups in total. The summed E-state index contributed by atoms with van der Waals surface area (Å²) >= 11 is 5.13. The molecule has 2 heterocycles. The molecular weight excluding hydrogens is 338 g/mol. The molecule has 3 rings (SSSR count). The molecule has 0 fully saturated rings. The normalized spacial score (nSPS) is 10.7. The molecule has 0 saturated heterocycles. The molecule has 7 heteroatoms. The smallest absolute Gasteiger partial charge is 0.192 e. The molecule has 3 aromatic rings. The fraction of sp³-hybridized carbons (Fsp3) is 0. The van der Waals surface area contributed by atoms with Gasteiger partial charge in [0, 0.05) is 26.2 Å². The maximum absolute atomic E-state index is 5.44. The molecule has 0 atom stereocenters. The van der Waals surface area contributed by atoms with E-state index in [0.717, 1.165) is 26.5 Å². The van der Waals surface area contributed by atoms with Gasteiger partial charge in [-0.25, -0.2) is 0 Å². The number of halogens is 1. The number of hydrogen-bond acceptors (Lipinski definition) is 4. The van der Waals surface area contributed by atoms with Crippen LogP contribution in [0.5, 0.6) is 0 Å². The molecule has 0 radical (unpaired) electrons. The van der Waals surface area contributed by atoms with Crippen LogP contribution < -0.4 is 11.5 Å². The van der Waals surface area contributed by atoms with E-state index in [1.165, 1.54) is 0 Å². The zero-order chi connectivity index (χ0) is 14.1. The molecule has 20 heavy (non-hydrogen) atoms. The van der Waals surface area contributed by atoms with Crippen LogP contribution in [0.1, 0.15) is 0 Å². The number of benzene rings is 1. The van der Waals surface area contributed by atoms with Gasteiger partial charge in [-0.15, -0.1) is 10.2 Å². The van der Waals surface area contributed by atoms with E-state index in [1.54, 1.807) is 11.3 Å². The lowest BCUT2D eigenvalue weighted by Gasteiger charge is -2.07. The number of guanidine groups is 1. The highest BCUT2D eigenvalue weighted by atomic mass is 79.9. The summed E-state index contributed by atoms with van der Waals surface area (Å²) in [5.41, 5.74) is 12.7. The average molecular weight is 348 g/mol. The molecule has 2 aromatic heterocycles. The Kier molecular flexibility index (Phi) is 3.37. The van der Waals surface area contributed by atoms with Crippen LogP contribution in [0.15, 0.2) is 44.5 Å². The van der Waals surface area contributed by atoms with Crippen LogP contribution in [0.4, 0.5) is 5.82 Å². The van der Waals surface area contributed by atoms with E-state index in [0.29, 0.717) is 5.82 Å². The lowest BCUT2D eigenvalue weighted by atomic mass is 10.1. The highest BCUT2D eigenvalue weighted by Gasteiger charge is 2.13. The van der Waals surface area contributed by atoms with Gasteiger partial charge in [0.2, 0.25) is 0 Å². The van der Waals surface area contributed by atoms with E-state index < -0.39 is 0 Å². The van der Waals surface area contributed by atoms with Crippen LogP contribution in [0.3, 0.4) is 0 Å². The summed E-state index contributed by atoms with van der Waals surface area (Å²) in [7, 11) is 0. The average Bonchev–Trinajstić information content (AvgIpc) is 2.92. The molecule has 0 aliphatic heterocycles. The molecule has 0 unspecified atom stereocenters. The number of thiophene rings is 1. The Labute approximate surface area is 127 Å². The third-order valence-corrected chi connectivity index (χ3v) is 4.11. The molecule has 0 amide bonds. The van der Waals surface area contributed by atoms with E-state index in [4.69, 9.17) is 11.5 Å². The molecule has 0 aliphatic rings. The number of aliphatic imine (C=N–C) groups is 1. The van der Waals surface area contributed by atoms with Crippen molar-refractivity contribution >= 4 is 49.8 Å². The molecule has 0 spiro atoms. The van der Waals surface area contributed by atoms with Gasteiger partial charge in [-0.2, -0.15) is 16.3 Å². The number of nitrogens with zero attached hydrogens (tertiary/aromatic N) is 3. The first kappa shape index (κ1) is 13.0. The van der Waals surface area contributed by atoms with Crippen LogP contribution in [0.25, 0.3) is 22.0 Å². The Morgan fingerprint density at radius 1 is 1.20 bits per heavy atom. The number of rotatable bonds is 2. The van der Waals surface area contributed by atoms with E-state index in [-0.39, 0.29) is 5.96 Å².